The Morgan fingerprint density at radius 1 is 1.28 bits per heavy atom. The van der Waals surface area contributed by atoms with Crippen molar-refractivity contribution in [1.82, 2.24) is 14.9 Å². The van der Waals surface area contributed by atoms with Gasteiger partial charge in [-0.05, 0) is 50.0 Å². The summed E-state index contributed by atoms with van der Waals surface area (Å²) in [6.45, 7) is 6.56. The van der Waals surface area contributed by atoms with Crippen LogP contribution in [0.3, 0.4) is 0 Å². The van der Waals surface area contributed by atoms with E-state index in [0.717, 1.165) is 31.0 Å². The minimum atomic E-state index is 0.712. The maximum atomic E-state index is 4.38. The summed E-state index contributed by atoms with van der Waals surface area (Å²) in [4.78, 5) is 4.38. The molecule has 0 unspecified atom stereocenters. The van der Waals surface area contributed by atoms with Gasteiger partial charge < -0.3 is 9.88 Å². The first-order valence-electron chi connectivity index (χ1n) is 7.47. The van der Waals surface area contributed by atoms with Gasteiger partial charge in [-0.25, -0.2) is 4.98 Å². The Hall–Kier alpha value is -0.830. The van der Waals surface area contributed by atoms with Crippen LogP contribution in [-0.2, 0) is 6.54 Å². The van der Waals surface area contributed by atoms with Crippen LogP contribution in [0.2, 0.25) is 0 Å². The first-order chi connectivity index (χ1) is 8.75. The number of nitrogens with zero attached hydrogens (tertiary/aromatic N) is 2. The Balaban J connectivity index is 1.65. The maximum absolute atomic E-state index is 4.38. The van der Waals surface area contributed by atoms with E-state index in [4.69, 9.17) is 0 Å². The Morgan fingerprint density at radius 2 is 1.94 bits per heavy atom. The summed E-state index contributed by atoms with van der Waals surface area (Å²) in [6, 6.07) is 0.753. The van der Waals surface area contributed by atoms with Gasteiger partial charge in [-0.3, -0.25) is 0 Å². The lowest BCUT2D eigenvalue weighted by Gasteiger charge is -2.20. The predicted octanol–water partition coefficient (Wildman–Crippen LogP) is 2.99. The molecule has 1 heterocycles. The molecule has 1 aromatic rings. The summed E-state index contributed by atoms with van der Waals surface area (Å²) in [7, 11) is 0. The Morgan fingerprint density at radius 3 is 2.50 bits per heavy atom. The highest BCUT2D eigenvalue weighted by Gasteiger charge is 2.42. The van der Waals surface area contributed by atoms with Crippen molar-refractivity contribution in [3.8, 4) is 0 Å². The molecule has 0 aromatic carbocycles. The lowest BCUT2D eigenvalue weighted by Crippen LogP contribution is -2.23. The van der Waals surface area contributed by atoms with Gasteiger partial charge in [-0.1, -0.05) is 13.8 Å². The molecule has 0 saturated heterocycles. The molecule has 18 heavy (non-hydrogen) atoms. The standard InChI is InChI=1S/C15H25N3/c1-11(2)7-16-8-14-9-17-10-18(14)15(12-3-4-12)13-5-6-13/h9-13,15-16H,3-8H2,1-2H3. The van der Waals surface area contributed by atoms with Crippen molar-refractivity contribution in [2.45, 2.75) is 52.1 Å². The Bertz CT molecular complexity index is 376. The highest BCUT2D eigenvalue weighted by atomic mass is 15.1. The minimum Gasteiger partial charge on any atom is -0.330 e. The molecule has 2 fully saturated rings. The molecule has 0 atom stereocenters. The molecule has 0 amide bonds. The fourth-order valence-electron chi connectivity index (χ4n) is 2.94. The number of nitrogens with one attached hydrogen (secondary N) is 1. The first kappa shape index (κ1) is 12.2. The van der Waals surface area contributed by atoms with Gasteiger partial charge in [-0.15, -0.1) is 0 Å². The smallest absolute Gasteiger partial charge is 0.0951 e. The van der Waals surface area contributed by atoms with Crippen LogP contribution in [0.15, 0.2) is 12.5 Å². The second-order valence-corrected chi connectivity index (χ2v) is 6.48. The van der Waals surface area contributed by atoms with E-state index in [2.05, 4.69) is 35.0 Å². The zero-order valence-corrected chi connectivity index (χ0v) is 11.6. The van der Waals surface area contributed by atoms with E-state index >= 15 is 0 Å². The molecule has 1 aromatic heterocycles. The summed E-state index contributed by atoms with van der Waals surface area (Å²) in [5, 5.41) is 3.54. The van der Waals surface area contributed by atoms with Crippen LogP contribution in [0.4, 0.5) is 0 Å². The number of imidazole rings is 1. The molecule has 100 valence electrons. The second kappa shape index (κ2) is 5.04. The quantitative estimate of drug-likeness (QED) is 0.802. The lowest BCUT2D eigenvalue weighted by molar-refractivity contribution is 0.379. The molecule has 1 N–H and O–H groups in total. The van der Waals surface area contributed by atoms with Crippen LogP contribution in [0, 0.1) is 17.8 Å². The van der Waals surface area contributed by atoms with Crippen molar-refractivity contribution < 1.29 is 0 Å². The van der Waals surface area contributed by atoms with Crippen molar-refractivity contribution >= 4 is 0 Å². The third-order valence-electron chi connectivity index (χ3n) is 4.14. The summed E-state index contributed by atoms with van der Waals surface area (Å²) in [6.07, 6.45) is 9.83. The molecule has 3 rings (SSSR count). The fourth-order valence-corrected chi connectivity index (χ4v) is 2.94. The Kier molecular flexibility index (Phi) is 3.42. The van der Waals surface area contributed by atoms with Gasteiger partial charge in [-0.2, -0.15) is 0 Å². The number of hydrogen-bond donors (Lipinski definition) is 1. The van der Waals surface area contributed by atoms with E-state index in [-0.39, 0.29) is 0 Å². The summed E-state index contributed by atoms with van der Waals surface area (Å²) < 4.78 is 2.47. The van der Waals surface area contributed by atoms with Gasteiger partial charge >= 0.3 is 0 Å². The Labute approximate surface area is 110 Å². The fraction of sp³-hybridized carbons (Fsp3) is 0.800. The summed E-state index contributed by atoms with van der Waals surface area (Å²) in [5.41, 5.74) is 1.37. The molecule has 0 aliphatic heterocycles. The average molecular weight is 247 g/mol. The van der Waals surface area contributed by atoms with Crippen LogP contribution in [0.1, 0.15) is 51.3 Å². The zero-order chi connectivity index (χ0) is 12.5. The minimum absolute atomic E-state index is 0.712. The summed E-state index contributed by atoms with van der Waals surface area (Å²) >= 11 is 0. The normalized spacial score (nSPS) is 20.0. The molecule has 0 radical (unpaired) electrons. The predicted molar refractivity (Wildman–Crippen MR) is 73.3 cm³/mol. The van der Waals surface area contributed by atoms with Gasteiger partial charge in [0.1, 0.15) is 0 Å². The molecule has 2 aliphatic carbocycles. The van der Waals surface area contributed by atoms with Crippen molar-refractivity contribution in [2.24, 2.45) is 17.8 Å². The van der Waals surface area contributed by atoms with E-state index in [0.29, 0.717) is 5.92 Å². The highest BCUT2D eigenvalue weighted by Crippen LogP contribution is 2.52. The lowest BCUT2D eigenvalue weighted by atomic mass is 10.1. The van der Waals surface area contributed by atoms with Crippen LogP contribution >= 0.6 is 0 Å². The number of hydrogen-bond acceptors (Lipinski definition) is 2. The largest absolute Gasteiger partial charge is 0.330 e. The first-order valence-corrected chi connectivity index (χ1v) is 7.47. The van der Waals surface area contributed by atoms with Crippen LogP contribution in [0.25, 0.3) is 0 Å². The van der Waals surface area contributed by atoms with Gasteiger partial charge in [0, 0.05) is 18.8 Å². The molecule has 0 bridgehead atoms. The average Bonchev–Trinajstić information content (AvgIpc) is 3.21. The van der Waals surface area contributed by atoms with E-state index < -0.39 is 0 Å². The molecule has 3 heteroatoms. The molecule has 2 saturated carbocycles. The maximum Gasteiger partial charge on any atom is 0.0951 e. The molecule has 3 nitrogen and oxygen atoms in total. The van der Waals surface area contributed by atoms with E-state index in [1.165, 1.54) is 31.4 Å². The topological polar surface area (TPSA) is 29.9 Å². The van der Waals surface area contributed by atoms with Gasteiger partial charge in [0.15, 0.2) is 0 Å². The van der Waals surface area contributed by atoms with Crippen molar-refractivity contribution in [2.75, 3.05) is 6.54 Å². The highest BCUT2D eigenvalue weighted by molar-refractivity contribution is 5.06. The number of rotatable bonds is 7. The molecular formula is C15H25N3. The van der Waals surface area contributed by atoms with Crippen LogP contribution in [-0.4, -0.2) is 16.1 Å². The molecule has 0 spiro atoms. The SMILES string of the molecule is CC(C)CNCc1cncn1C(C1CC1)C1CC1. The van der Waals surface area contributed by atoms with Crippen molar-refractivity contribution in [3.05, 3.63) is 18.2 Å². The van der Waals surface area contributed by atoms with Gasteiger partial charge in [0.2, 0.25) is 0 Å². The van der Waals surface area contributed by atoms with E-state index in [1.54, 1.807) is 0 Å². The van der Waals surface area contributed by atoms with Crippen LogP contribution < -0.4 is 5.32 Å². The van der Waals surface area contributed by atoms with Gasteiger partial charge in [0.25, 0.3) is 0 Å². The molecule has 2 aliphatic rings. The van der Waals surface area contributed by atoms with Gasteiger partial charge in [0.05, 0.1) is 12.0 Å². The van der Waals surface area contributed by atoms with Crippen LogP contribution in [0.5, 0.6) is 0 Å². The third kappa shape index (κ3) is 2.77. The van der Waals surface area contributed by atoms with E-state index in [1.807, 2.05) is 6.20 Å². The number of aromatic nitrogens is 2. The van der Waals surface area contributed by atoms with E-state index in [9.17, 15) is 0 Å². The van der Waals surface area contributed by atoms with Crippen molar-refractivity contribution in [3.63, 3.8) is 0 Å². The second-order valence-electron chi connectivity index (χ2n) is 6.48. The zero-order valence-electron chi connectivity index (χ0n) is 11.6. The summed E-state index contributed by atoms with van der Waals surface area (Å²) in [5.74, 6) is 2.59. The molecular weight excluding hydrogens is 222 g/mol. The monoisotopic (exact) mass is 247 g/mol. The third-order valence-corrected chi connectivity index (χ3v) is 4.14. The van der Waals surface area contributed by atoms with Crippen molar-refractivity contribution in [1.29, 1.82) is 0 Å².